The average molecular weight is 450 g/mol. The molecule has 0 saturated heterocycles. The number of aromatic nitrogens is 3. The first-order chi connectivity index (χ1) is 15.8. The van der Waals surface area contributed by atoms with Crippen LogP contribution in [0.1, 0.15) is 103 Å². The molecule has 5 heteroatoms. The van der Waals surface area contributed by atoms with Gasteiger partial charge in [0.25, 0.3) is 0 Å². The number of nitrogens with zero attached hydrogens (tertiary/aromatic N) is 3. The van der Waals surface area contributed by atoms with Gasteiger partial charge < -0.3 is 0 Å². The minimum atomic E-state index is -0.344. The Hall–Kier alpha value is -1.78. The van der Waals surface area contributed by atoms with Crippen molar-refractivity contribution in [2.45, 2.75) is 109 Å². The van der Waals surface area contributed by atoms with E-state index < -0.39 is 0 Å². The molecule has 178 valence electrons. The number of rotatable bonds is 1. The first kappa shape index (κ1) is 20.6. The lowest BCUT2D eigenvalue weighted by Crippen LogP contribution is -2.62. The summed E-state index contributed by atoms with van der Waals surface area (Å²) in [5.74, 6) is 1.40. The maximum atomic E-state index is 14.3. The highest BCUT2D eigenvalue weighted by Gasteiger charge is 2.64. The normalized spacial score (nSPS) is 44.6. The molecule has 4 bridgehead atoms. The van der Waals surface area contributed by atoms with E-state index in [1.54, 1.807) is 10.1 Å². The number of allylic oxidation sites excluding steroid dienone is 4. The van der Waals surface area contributed by atoms with Gasteiger partial charge in [-0.2, -0.15) is 0 Å². The van der Waals surface area contributed by atoms with Gasteiger partial charge in [-0.25, -0.2) is 23.5 Å². The molecule has 33 heavy (non-hydrogen) atoms. The molecule has 7 atom stereocenters. The molecule has 0 aromatic carbocycles. The molecule has 0 N–H and O–H groups in total. The van der Waals surface area contributed by atoms with Crippen molar-refractivity contribution in [1.82, 2.24) is 13.9 Å². The van der Waals surface area contributed by atoms with Crippen LogP contribution in [0, 0.1) is 28.6 Å². The van der Waals surface area contributed by atoms with Crippen molar-refractivity contribution >= 4 is 0 Å². The smallest absolute Gasteiger partial charge is 0.246 e. The second-order valence-electron chi connectivity index (χ2n) is 13.0. The van der Waals surface area contributed by atoms with E-state index in [2.05, 4.69) is 39.0 Å². The summed E-state index contributed by atoms with van der Waals surface area (Å²) in [6.45, 7) is 7.08. The van der Waals surface area contributed by atoms with E-state index in [1.807, 2.05) is 9.36 Å². The minimum absolute atomic E-state index is 0.00612. The highest BCUT2D eigenvalue weighted by atomic mass is 16.2. The number of hydrogen-bond donors (Lipinski definition) is 0. The fraction of sp³-hybridized carbons (Fsp3) is 0.786. The van der Waals surface area contributed by atoms with Crippen LogP contribution in [-0.2, 0) is 5.54 Å². The van der Waals surface area contributed by atoms with Gasteiger partial charge in [-0.3, -0.25) is 0 Å². The van der Waals surface area contributed by atoms with E-state index in [0.29, 0.717) is 17.8 Å². The zero-order chi connectivity index (χ0) is 22.8. The quantitative estimate of drug-likeness (QED) is 0.545. The van der Waals surface area contributed by atoms with Crippen LogP contribution in [0.25, 0.3) is 0 Å². The van der Waals surface area contributed by atoms with Crippen LogP contribution in [-0.4, -0.2) is 13.9 Å². The lowest BCUT2D eigenvalue weighted by Gasteiger charge is -2.58. The average Bonchev–Trinajstić information content (AvgIpc) is 3.22. The van der Waals surface area contributed by atoms with E-state index in [4.69, 9.17) is 0 Å². The molecule has 2 aliphatic heterocycles. The van der Waals surface area contributed by atoms with Crippen molar-refractivity contribution in [3.05, 3.63) is 44.8 Å². The molecule has 3 fully saturated rings. The SMILES string of the molecule is CC1(C)[C@H]2CC[C@@]1(C)[C@H](n1c(=O)n3n(c1=O)[C@@]14C=C[C@H]3[C@H]3C=C(CCCCCCCC1)[C@@H]34)C2. The topological polar surface area (TPSA) is 48.9 Å². The first-order valence-corrected chi connectivity index (χ1v) is 13.7. The van der Waals surface area contributed by atoms with E-state index >= 15 is 0 Å². The zero-order valence-electron chi connectivity index (χ0n) is 20.6. The summed E-state index contributed by atoms with van der Waals surface area (Å²) in [7, 11) is 0. The first-order valence-electron chi connectivity index (χ1n) is 13.7. The maximum Gasteiger partial charge on any atom is 0.348 e. The number of fused-ring (bicyclic) bond motifs is 2. The molecule has 0 unspecified atom stereocenters. The van der Waals surface area contributed by atoms with Gasteiger partial charge in [0.15, 0.2) is 0 Å². The van der Waals surface area contributed by atoms with Crippen molar-refractivity contribution in [1.29, 1.82) is 0 Å². The Morgan fingerprint density at radius 3 is 2.42 bits per heavy atom. The Balaban J connectivity index is 1.40. The Morgan fingerprint density at radius 2 is 1.70 bits per heavy atom. The molecule has 3 heterocycles. The Kier molecular flexibility index (Phi) is 4.03. The van der Waals surface area contributed by atoms with Gasteiger partial charge in [0.1, 0.15) is 0 Å². The molecular weight excluding hydrogens is 410 g/mol. The molecule has 7 aliphatic rings. The molecule has 1 aromatic rings. The van der Waals surface area contributed by atoms with E-state index in [1.165, 1.54) is 44.9 Å². The second kappa shape index (κ2) is 6.46. The fourth-order valence-electron chi connectivity index (χ4n) is 9.43. The van der Waals surface area contributed by atoms with Gasteiger partial charge >= 0.3 is 11.4 Å². The van der Waals surface area contributed by atoms with E-state index in [0.717, 1.165) is 25.7 Å². The summed E-state index contributed by atoms with van der Waals surface area (Å²) in [4.78, 5) is 28.3. The highest BCUT2D eigenvalue weighted by molar-refractivity contribution is 5.38. The largest absolute Gasteiger partial charge is 0.348 e. The van der Waals surface area contributed by atoms with Gasteiger partial charge in [-0.15, -0.1) is 0 Å². The molecular formula is C28H39N3O2. The highest BCUT2D eigenvalue weighted by Crippen LogP contribution is 2.69. The monoisotopic (exact) mass is 449 g/mol. The molecule has 3 saturated carbocycles. The fourth-order valence-corrected chi connectivity index (χ4v) is 9.43. The van der Waals surface area contributed by atoms with Crippen LogP contribution < -0.4 is 11.4 Å². The van der Waals surface area contributed by atoms with Gasteiger partial charge in [0.05, 0.1) is 11.6 Å². The van der Waals surface area contributed by atoms with Crippen LogP contribution in [0.15, 0.2) is 33.4 Å². The Labute approximate surface area is 196 Å². The predicted octanol–water partition coefficient (Wildman–Crippen LogP) is 5.33. The third-order valence-electron chi connectivity index (χ3n) is 11.7. The van der Waals surface area contributed by atoms with E-state index in [9.17, 15) is 9.59 Å². The van der Waals surface area contributed by atoms with Gasteiger partial charge in [-0.1, -0.05) is 76.7 Å². The molecule has 5 aliphatic carbocycles. The van der Waals surface area contributed by atoms with Crippen LogP contribution >= 0.6 is 0 Å². The summed E-state index contributed by atoms with van der Waals surface area (Å²) < 4.78 is 5.62. The van der Waals surface area contributed by atoms with Crippen molar-refractivity contribution in [2.75, 3.05) is 0 Å². The maximum absolute atomic E-state index is 14.3. The van der Waals surface area contributed by atoms with Crippen LogP contribution in [0.3, 0.4) is 0 Å². The van der Waals surface area contributed by atoms with Gasteiger partial charge in [0, 0.05) is 17.9 Å². The summed E-state index contributed by atoms with van der Waals surface area (Å²) in [5, 5.41) is 0. The summed E-state index contributed by atoms with van der Waals surface area (Å²) in [6.07, 6.45) is 20.1. The molecule has 1 spiro atoms. The van der Waals surface area contributed by atoms with Crippen molar-refractivity contribution in [3.8, 4) is 0 Å². The summed E-state index contributed by atoms with van der Waals surface area (Å²) >= 11 is 0. The zero-order valence-corrected chi connectivity index (χ0v) is 20.6. The predicted molar refractivity (Wildman–Crippen MR) is 129 cm³/mol. The molecule has 1 aromatic heterocycles. The van der Waals surface area contributed by atoms with Crippen LogP contribution in [0.5, 0.6) is 0 Å². The van der Waals surface area contributed by atoms with Crippen LogP contribution in [0.2, 0.25) is 0 Å². The lowest BCUT2D eigenvalue weighted by atomic mass is 9.55. The van der Waals surface area contributed by atoms with Crippen molar-refractivity contribution in [3.63, 3.8) is 0 Å². The molecule has 5 nitrogen and oxygen atoms in total. The second-order valence-corrected chi connectivity index (χ2v) is 13.0. The Bertz CT molecular complexity index is 1190. The van der Waals surface area contributed by atoms with Gasteiger partial charge in [-0.05, 0) is 55.3 Å². The molecule has 0 radical (unpaired) electrons. The summed E-state index contributed by atoms with van der Waals surface area (Å²) in [5.41, 5.74) is 1.33. The lowest BCUT2D eigenvalue weighted by molar-refractivity contribution is 0.0321. The minimum Gasteiger partial charge on any atom is -0.246 e. The Morgan fingerprint density at radius 1 is 0.939 bits per heavy atom. The third-order valence-corrected chi connectivity index (χ3v) is 11.7. The summed E-state index contributed by atoms with van der Waals surface area (Å²) in [6, 6.07) is 0.0343. The van der Waals surface area contributed by atoms with E-state index in [-0.39, 0.29) is 39.8 Å². The molecule has 8 rings (SSSR count). The van der Waals surface area contributed by atoms with Gasteiger partial charge in [0.2, 0.25) is 0 Å². The third kappa shape index (κ3) is 2.26. The standard InChI is InChI=1S/C28H39N3O2/c1-26(2)19-11-14-27(26,3)22(17-19)29-24(32)30-21-12-15-28(31(30)25(29)33)13-9-7-5-4-6-8-10-18-16-20(21)23(18)28/h12,15-16,19-23H,4-11,13-14,17H2,1-3H3/t19-,20+,21-,22+,23-,27-,28+/m0/s1. The van der Waals surface area contributed by atoms with Crippen molar-refractivity contribution < 1.29 is 0 Å². The van der Waals surface area contributed by atoms with Crippen molar-refractivity contribution in [2.24, 2.45) is 28.6 Å². The number of hydrogen-bond acceptors (Lipinski definition) is 2. The van der Waals surface area contributed by atoms with Crippen LogP contribution in [0.4, 0.5) is 0 Å². The molecule has 0 amide bonds.